The molecule has 1 aliphatic carbocycles. The third-order valence-corrected chi connectivity index (χ3v) is 3.98. The highest BCUT2D eigenvalue weighted by molar-refractivity contribution is 9.10. The Morgan fingerprint density at radius 1 is 1.50 bits per heavy atom. The first-order valence-corrected chi connectivity index (χ1v) is 6.87. The van der Waals surface area contributed by atoms with E-state index in [1.165, 1.54) is 6.07 Å². The fraction of sp³-hybridized carbons (Fsp3) is 0.462. The summed E-state index contributed by atoms with van der Waals surface area (Å²) >= 11 is 3.18. The van der Waals surface area contributed by atoms with E-state index >= 15 is 0 Å². The first-order valence-electron chi connectivity index (χ1n) is 6.08. The molecule has 2 unspecified atom stereocenters. The number of nitrogens with one attached hydrogen (secondary N) is 1. The van der Waals surface area contributed by atoms with Gasteiger partial charge in [-0.2, -0.15) is 0 Å². The molecule has 2 atom stereocenters. The van der Waals surface area contributed by atoms with E-state index in [1.54, 1.807) is 12.1 Å². The lowest BCUT2D eigenvalue weighted by molar-refractivity contribution is -0.120. The first-order chi connectivity index (χ1) is 8.61. The topological polar surface area (TPSA) is 55.1 Å². The zero-order valence-electron chi connectivity index (χ0n) is 9.96. The fourth-order valence-electron chi connectivity index (χ4n) is 2.48. The molecule has 1 aliphatic rings. The summed E-state index contributed by atoms with van der Waals surface area (Å²) < 4.78 is 14.3. The lowest BCUT2D eigenvalue weighted by atomic mass is 9.95. The smallest absolute Gasteiger partial charge is 0.227 e. The van der Waals surface area contributed by atoms with Crippen LogP contribution in [0.4, 0.5) is 10.1 Å². The van der Waals surface area contributed by atoms with E-state index in [0.29, 0.717) is 11.0 Å². The van der Waals surface area contributed by atoms with Crippen LogP contribution in [-0.4, -0.2) is 12.5 Å². The highest BCUT2D eigenvalue weighted by Gasteiger charge is 2.32. The van der Waals surface area contributed by atoms with Gasteiger partial charge in [0, 0.05) is 10.4 Å². The minimum absolute atomic E-state index is 0.0851. The van der Waals surface area contributed by atoms with Crippen LogP contribution >= 0.6 is 15.9 Å². The molecule has 0 spiro atoms. The van der Waals surface area contributed by atoms with Crippen molar-refractivity contribution in [2.45, 2.75) is 19.3 Å². The van der Waals surface area contributed by atoms with Gasteiger partial charge in [0.05, 0.1) is 5.69 Å². The van der Waals surface area contributed by atoms with E-state index < -0.39 is 5.82 Å². The number of nitrogens with two attached hydrogens (primary N) is 1. The number of hydrogen-bond acceptors (Lipinski definition) is 2. The Labute approximate surface area is 114 Å². The number of halogens is 2. The lowest BCUT2D eigenvalue weighted by Gasteiger charge is -2.17. The number of carbonyl (C=O) groups excluding carboxylic acids is 1. The average Bonchev–Trinajstić information content (AvgIpc) is 2.81. The standard InChI is InChI=1S/C13H16BrFN2O/c14-9-4-5-12(11(15)6-9)17-13(18)10-3-1-2-8(10)7-16/h4-6,8,10H,1-3,7,16H2,(H,17,18). The second-order valence-corrected chi connectivity index (χ2v) is 5.56. The van der Waals surface area contributed by atoms with E-state index in [4.69, 9.17) is 5.73 Å². The maximum absolute atomic E-state index is 13.6. The Kier molecular flexibility index (Phi) is 4.35. The number of amides is 1. The van der Waals surface area contributed by atoms with Crippen molar-refractivity contribution in [3.8, 4) is 0 Å². The van der Waals surface area contributed by atoms with Gasteiger partial charge in [-0.1, -0.05) is 22.4 Å². The average molecular weight is 315 g/mol. The van der Waals surface area contributed by atoms with Crippen molar-refractivity contribution >= 4 is 27.5 Å². The second kappa shape index (κ2) is 5.80. The molecule has 1 amide bonds. The van der Waals surface area contributed by atoms with Crippen molar-refractivity contribution in [1.29, 1.82) is 0 Å². The Hall–Kier alpha value is -0.940. The van der Waals surface area contributed by atoms with E-state index in [1.807, 2.05) is 0 Å². The van der Waals surface area contributed by atoms with Crippen LogP contribution in [0.15, 0.2) is 22.7 Å². The van der Waals surface area contributed by atoms with Crippen molar-refractivity contribution in [1.82, 2.24) is 0 Å². The van der Waals surface area contributed by atoms with Crippen LogP contribution in [0.2, 0.25) is 0 Å². The Morgan fingerprint density at radius 2 is 2.28 bits per heavy atom. The molecular weight excluding hydrogens is 299 g/mol. The zero-order valence-corrected chi connectivity index (χ0v) is 11.5. The number of rotatable bonds is 3. The highest BCUT2D eigenvalue weighted by atomic mass is 79.9. The number of carbonyl (C=O) groups is 1. The maximum Gasteiger partial charge on any atom is 0.227 e. The van der Waals surface area contributed by atoms with Gasteiger partial charge >= 0.3 is 0 Å². The monoisotopic (exact) mass is 314 g/mol. The van der Waals surface area contributed by atoms with Crippen molar-refractivity contribution in [3.63, 3.8) is 0 Å². The largest absolute Gasteiger partial charge is 0.330 e. The summed E-state index contributed by atoms with van der Waals surface area (Å²) in [6, 6.07) is 4.60. The van der Waals surface area contributed by atoms with Gasteiger partial charge < -0.3 is 11.1 Å². The molecule has 1 aromatic rings. The van der Waals surface area contributed by atoms with E-state index in [0.717, 1.165) is 19.3 Å². The molecule has 0 heterocycles. The summed E-state index contributed by atoms with van der Waals surface area (Å²) in [5, 5.41) is 2.65. The lowest BCUT2D eigenvalue weighted by Crippen LogP contribution is -2.30. The molecule has 5 heteroatoms. The maximum atomic E-state index is 13.6. The van der Waals surface area contributed by atoms with Crippen LogP contribution in [0.3, 0.4) is 0 Å². The molecule has 0 saturated heterocycles. The first kappa shape index (κ1) is 13.5. The minimum Gasteiger partial charge on any atom is -0.330 e. The molecule has 0 aliphatic heterocycles. The van der Waals surface area contributed by atoms with Gasteiger partial charge in [-0.05, 0) is 43.5 Å². The van der Waals surface area contributed by atoms with E-state index in [2.05, 4.69) is 21.2 Å². The van der Waals surface area contributed by atoms with Gasteiger partial charge in [-0.25, -0.2) is 4.39 Å². The van der Waals surface area contributed by atoms with Crippen LogP contribution < -0.4 is 11.1 Å². The number of hydrogen-bond donors (Lipinski definition) is 2. The summed E-state index contributed by atoms with van der Waals surface area (Å²) in [6.45, 7) is 0.515. The molecule has 2 rings (SSSR count). The molecule has 3 N–H and O–H groups in total. The molecule has 1 saturated carbocycles. The van der Waals surface area contributed by atoms with Gasteiger partial charge in [0.2, 0.25) is 5.91 Å². The number of anilines is 1. The predicted molar refractivity (Wildman–Crippen MR) is 72.6 cm³/mol. The molecule has 98 valence electrons. The molecule has 18 heavy (non-hydrogen) atoms. The third-order valence-electron chi connectivity index (χ3n) is 3.49. The molecule has 0 aromatic heterocycles. The molecule has 1 aromatic carbocycles. The van der Waals surface area contributed by atoms with Crippen LogP contribution in [0.5, 0.6) is 0 Å². The Balaban J connectivity index is 2.07. The van der Waals surface area contributed by atoms with Gasteiger partial charge in [0.1, 0.15) is 5.82 Å². The summed E-state index contributed by atoms with van der Waals surface area (Å²) in [5.74, 6) is -0.411. The van der Waals surface area contributed by atoms with Crippen molar-refractivity contribution < 1.29 is 9.18 Å². The van der Waals surface area contributed by atoms with E-state index in [-0.39, 0.29) is 23.4 Å². The number of benzene rings is 1. The Bertz CT molecular complexity index is 453. The van der Waals surface area contributed by atoms with Crippen molar-refractivity contribution in [3.05, 3.63) is 28.5 Å². The van der Waals surface area contributed by atoms with Gasteiger partial charge in [0.25, 0.3) is 0 Å². The zero-order chi connectivity index (χ0) is 13.1. The molecule has 0 radical (unpaired) electrons. The summed E-state index contributed by atoms with van der Waals surface area (Å²) in [5.41, 5.74) is 5.87. The second-order valence-electron chi connectivity index (χ2n) is 4.65. The normalized spacial score (nSPS) is 23.1. The minimum atomic E-state index is -0.431. The molecule has 3 nitrogen and oxygen atoms in total. The van der Waals surface area contributed by atoms with Crippen LogP contribution in [0.1, 0.15) is 19.3 Å². The SMILES string of the molecule is NCC1CCCC1C(=O)Nc1ccc(Br)cc1F. The molecular formula is C13H16BrFN2O. The quantitative estimate of drug-likeness (QED) is 0.901. The highest BCUT2D eigenvalue weighted by Crippen LogP contribution is 2.32. The fourth-order valence-corrected chi connectivity index (χ4v) is 2.81. The summed E-state index contributed by atoms with van der Waals surface area (Å²) in [6.07, 6.45) is 2.84. The van der Waals surface area contributed by atoms with Crippen LogP contribution in [-0.2, 0) is 4.79 Å². The van der Waals surface area contributed by atoms with Gasteiger partial charge in [0.15, 0.2) is 0 Å². The van der Waals surface area contributed by atoms with Crippen molar-refractivity contribution in [2.75, 3.05) is 11.9 Å². The van der Waals surface area contributed by atoms with Crippen molar-refractivity contribution in [2.24, 2.45) is 17.6 Å². The van der Waals surface area contributed by atoms with E-state index in [9.17, 15) is 9.18 Å². The summed E-state index contributed by atoms with van der Waals surface area (Å²) in [7, 11) is 0. The Morgan fingerprint density at radius 3 is 2.94 bits per heavy atom. The van der Waals surface area contributed by atoms with Crippen LogP contribution in [0, 0.1) is 17.7 Å². The van der Waals surface area contributed by atoms with Gasteiger partial charge in [-0.3, -0.25) is 4.79 Å². The van der Waals surface area contributed by atoms with Gasteiger partial charge in [-0.15, -0.1) is 0 Å². The third kappa shape index (κ3) is 2.90. The predicted octanol–water partition coefficient (Wildman–Crippen LogP) is 2.90. The molecule has 0 bridgehead atoms. The van der Waals surface area contributed by atoms with Crippen LogP contribution in [0.25, 0.3) is 0 Å². The summed E-state index contributed by atoms with van der Waals surface area (Å²) in [4.78, 5) is 12.1. The molecule has 1 fully saturated rings.